The molecule has 1 rings (SSSR count). The molecule has 0 aliphatic heterocycles. The van der Waals surface area contributed by atoms with Crippen molar-refractivity contribution >= 4 is 11.3 Å². The molecule has 1 aromatic heterocycles. The highest BCUT2D eigenvalue weighted by molar-refractivity contribution is 7.07. The molecule has 0 spiro atoms. The van der Waals surface area contributed by atoms with E-state index in [2.05, 4.69) is 30.7 Å². The van der Waals surface area contributed by atoms with Gasteiger partial charge in [0, 0.05) is 6.04 Å². The molecule has 1 nitrogen and oxygen atoms in total. The molecule has 0 fully saturated rings. The summed E-state index contributed by atoms with van der Waals surface area (Å²) in [4.78, 5) is 0. The fourth-order valence-electron chi connectivity index (χ4n) is 1.40. The van der Waals surface area contributed by atoms with Gasteiger partial charge in [-0.15, -0.1) is 0 Å². The van der Waals surface area contributed by atoms with Gasteiger partial charge in [-0.2, -0.15) is 11.3 Å². The van der Waals surface area contributed by atoms with Gasteiger partial charge in [-0.3, -0.25) is 0 Å². The van der Waals surface area contributed by atoms with Crippen molar-refractivity contribution in [2.75, 3.05) is 0 Å². The normalized spacial score (nSPS) is 13.5. The van der Waals surface area contributed by atoms with Crippen molar-refractivity contribution in [2.24, 2.45) is 11.7 Å². The summed E-state index contributed by atoms with van der Waals surface area (Å²) in [5.74, 6) is 0.801. The van der Waals surface area contributed by atoms with Gasteiger partial charge in [0.05, 0.1) is 0 Å². The second-order valence-electron chi connectivity index (χ2n) is 3.99. The summed E-state index contributed by atoms with van der Waals surface area (Å²) in [7, 11) is 0. The Kier molecular flexibility index (Phi) is 4.46. The molecular weight excluding hydrogens is 178 g/mol. The highest BCUT2D eigenvalue weighted by Gasteiger charge is 2.05. The number of rotatable bonds is 5. The maximum Gasteiger partial charge on any atom is 0.0303 e. The molecular formula is C11H19NS. The minimum atomic E-state index is 0.255. The van der Waals surface area contributed by atoms with Gasteiger partial charge in [0.1, 0.15) is 0 Å². The Morgan fingerprint density at radius 3 is 2.69 bits per heavy atom. The minimum Gasteiger partial charge on any atom is -0.324 e. The van der Waals surface area contributed by atoms with E-state index in [9.17, 15) is 0 Å². The van der Waals surface area contributed by atoms with Gasteiger partial charge < -0.3 is 5.73 Å². The molecule has 1 atom stereocenters. The third kappa shape index (κ3) is 3.92. The summed E-state index contributed by atoms with van der Waals surface area (Å²) >= 11 is 1.73. The Labute approximate surface area is 85.0 Å². The molecule has 2 heteroatoms. The molecule has 74 valence electrons. The molecule has 0 aromatic carbocycles. The quantitative estimate of drug-likeness (QED) is 0.767. The Hall–Kier alpha value is -0.340. The Morgan fingerprint density at radius 1 is 1.38 bits per heavy atom. The molecule has 13 heavy (non-hydrogen) atoms. The Bertz CT molecular complexity index is 216. The zero-order valence-corrected chi connectivity index (χ0v) is 9.31. The van der Waals surface area contributed by atoms with Crippen molar-refractivity contribution in [3.63, 3.8) is 0 Å². The molecule has 1 aromatic rings. The lowest BCUT2D eigenvalue weighted by atomic mass is 10.0. The van der Waals surface area contributed by atoms with Gasteiger partial charge in [0.25, 0.3) is 0 Å². The molecule has 2 N–H and O–H groups in total. The second kappa shape index (κ2) is 5.40. The molecule has 0 radical (unpaired) electrons. The zero-order chi connectivity index (χ0) is 9.68. The second-order valence-corrected chi connectivity index (χ2v) is 4.77. The van der Waals surface area contributed by atoms with Crippen LogP contribution in [-0.2, 0) is 0 Å². The predicted molar refractivity (Wildman–Crippen MR) is 59.9 cm³/mol. The van der Waals surface area contributed by atoms with Crippen molar-refractivity contribution in [1.29, 1.82) is 0 Å². The van der Waals surface area contributed by atoms with Crippen LogP contribution in [0.2, 0.25) is 0 Å². The van der Waals surface area contributed by atoms with E-state index in [4.69, 9.17) is 5.73 Å². The third-order valence-electron chi connectivity index (χ3n) is 2.27. The van der Waals surface area contributed by atoms with E-state index in [1.807, 2.05) is 0 Å². The Balaban J connectivity index is 2.22. The van der Waals surface area contributed by atoms with Crippen LogP contribution in [0.15, 0.2) is 16.8 Å². The zero-order valence-electron chi connectivity index (χ0n) is 8.49. The van der Waals surface area contributed by atoms with Crippen molar-refractivity contribution < 1.29 is 0 Å². The van der Waals surface area contributed by atoms with Crippen LogP contribution in [0.25, 0.3) is 0 Å². The lowest BCUT2D eigenvalue weighted by Gasteiger charge is -2.10. The first-order valence-corrected chi connectivity index (χ1v) is 5.92. The molecule has 0 aliphatic rings. The van der Waals surface area contributed by atoms with Crippen molar-refractivity contribution in [3.8, 4) is 0 Å². The number of hydrogen-bond donors (Lipinski definition) is 1. The van der Waals surface area contributed by atoms with Crippen LogP contribution >= 0.6 is 11.3 Å². The van der Waals surface area contributed by atoms with Gasteiger partial charge >= 0.3 is 0 Å². The molecule has 1 unspecified atom stereocenters. The van der Waals surface area contributed by atoms with Crippen LogP contribution in [0.3, 0.4) is 0 Å². The number of thiophene rings is 1. The van der Waals surface area contributed by atoms with Crippen LogP contribution in [0, 0.1) is 5.92 Å². The highest BCUT2D eigenvalue weighted by Crippen LogP contribution is 2.20. The summed E-state index contributed by atoms with van der Waals surface area (Å²) in [5, 5.41) is 4.25. The lowest BCUT2D eigenvalue weighted by Crippen LogP contribution is -2.09. The molecule has 0 amide bonds. The van der Waals surface area contributed by atoms with Crippen LogP contribution in [0.1, 0.15) is 44.7 Å². The standard InChI is InChI=1S/C11H19NS/c1-9(2)4-3-5-11(12)10-6-7-13-8-10/h6-9,11H,3-5,12H2,1-2H3. The van der Waals surface area contributed by atoms with Crippen LogP contribution < -0.4 is 5.73 Å². The lowest BCUT2D eigenvalue weighted by molar-refractivity contribution is 0.506. The predicted octanol–water partition coefficient (Wildman–Crippen LogP) is 3.57. The summed E-state index contributed by atoms with van der Waals surface area (Å²) in [6, 6.07) is 2.38. The molecule has 0 saturated carbocycles. The SMILES string of the molecule is CC(C)CCCC(N)c1ccsc1. The van der Waals surface area contributed by atoms with E-state index in [1.165, 1.54) is 18.4 Å². The minimum absolute atomic E-state index is 0.255. The third-order valence-corrected chi connectivity index (χ3v) is 2.97. The van der Waals surface area contributed by atoms with E-state index < -0.39 is 0 Å². The van der Waals surface area contributed by atoms with E-state index in [0.29, 0.717) is 0 Å². The van der Waals surface area contributed by atoms with Gasteiger partial charge in [-0.05, 0) is 34.7 Å². The van der Waals surface area contributed by atoms with Crippen molar-refractivity contribution in [3.05, 3.63) is 22.4 Å². The Morgan fingerprint density at radius 2 is 2.15 bits per heavy atom. The maximum absolute atomic E-state index is 6.03. The molecule has 0 saturated heterocycles. The van der Waals surface area contributed by atoms with E-state index in [-0.39, 0.29) is 6.04 Å². The van der Waals surface area contributed by atoms with Gasteiger partial charge in [0.15, 0.2) is 0 Å². The average molecular weight is 197 g/mol. The van der Waals surface area contributed by atoms with Crippen molar-refractivity contribution in [2.45, 2.75) is 39.2 Å². The smallest absolute Gasteiger partial charge is 0.0303 e. The summed E-state index contributed by atoms with van der Waals surface area (Å²) in [5.41, 5.74) is 7.33. The van der Waals surface area contributed by atoms with Crippen LogP contribution in [0.4, 0.5) is 0 Å². The van der Waals surface area contributed by atoms with Crippen molar-refractivity contribution in [1.82, 2.24) is 0 Å². The van der Waals surface area contributed by atoms with Crippen LogP contribution in [-0.4, -0.2) is 0 Å². The first-order valence-electron chi connectivity index (χ1n) is 4.98. The molecule has 0 bridgehead atoms. The summed E-state index contributed by atoms with van der Waals surface area (Å²) in [6.45, 7) is 4.52. The fraction of sp³-hybridized carbons (Fsp3) is 0.636. The van der Waals surface area contributed by atoms with Gasteiger partial charge in [-0.1, -0.05) is 26.7 Å². The summed E-state index contributed by atoms with van der Waals surface area (Å²) < 4.78 is 0. The first-order chi connectivity index (χ1) is 6.20. The largest absolute Gasteiger partial charge is 0.324 e. The molecule has 0 aliphatic carbocycles. The summed E-state index contributed by atoms with van der Waals surface area (Å²) in [6.07, 6.45) is 3.65. The van der Waals surface area contributed by atoms with Crippen LogP contribution in [0.5, 0.6) is 0 Å². The van der Waals surface area contributed by atoms with Gasteiger partial charge in [-0.25, -0.2) is 0 Å². The maximum atomic E-state index is 6.03. The fourth-order valence-corrected chi connectivity index (χ4v) is 2.12. The average Bonchev–Trinajstić information content (AvgIpc) is 2.55. The monoisotopic (exact) mass is 197 g/mol. The highest BCUT2D eigenvalue weighted by atomic mass is 32.1. The number of hydrogen-bond acceptors (Lipinski definition) is 2. The topological polar surface area (TPSA) is 26.0 Å². The van der Waals surface area contributed by atoms with E-state index in [0.717, 1.165) is 12.3 Å². The van der Waals surface area contributed by atoms with E-state index in [1.54, 1.807) is 11.3 Å². The number of nitrogens with two attached hydrogens (primary N) is 1. The molecule has 1 heterocycles. The first kappa shape index (κ1) is 10.7. The van der Waals surface area contributed by atoms with E-state index >= 15 is 0 Å². The van der Waals surface area contributed by atoms with Gasteiger partial charge in [0.2, 0.25) is 0 Å².